The molecule has 2 atom stereocenters. The number of aliphatic imine (C=N–C) groups is 1. The van der Waals surface area contributed by atoms with E-state index in [0.29, 0.717) is 74.1 Å². The summed E-state index contributed by atoms with van der Waals surface area (Å²) < 4.78 is 36.8. The Labute approximate surface area is 270 Å². The molecular formula is C33H36F2N8O4. The quantitative estimate of drug-likeness (QED) is 0.249. The maximum absolute atomic E-state index is 15.1. The van der Waals surface area contributed by atoms with Gasteiger partial charge in [-0.15, -0.1) is 0 Å². The molecule has 2 aromatic heterocycles. The van der Waals surface area contributed by atoms with Crippen LogP contribution in [0.5, 0.6) is 5.75 Å². The zero-order valence-corrected chi connectivity index (χ0v) is 26.1. The van der Waals surface area contributed by atoms with Crippen LogP contribution in [0, 0.1) is 24.5 Å². The van der Waals surface area contributed by atoms with Gasteiger partial charge in [-0.05, 0) is 55.8 Å². The number of piperidine rings is 1. The number of hydrogen-bond donors (Lipinski definition) is 3. The molecular weight excluding hydrogens is 610 g/mol. The number of aliphatic hydroxyl groups is 1. The summed E-state index contributed by atoms with van der Waals surface area (Å²) in [5, 5.41) is 16.6. The molecule has 0 aliphatic carbocycles. The zero-order chi connectivity index (χ0) is 33.1. The number of ether oxygens (including phenoxy) is 1. The van der Waals surface area contributed by atoms with Crippen molar-refractivity contribution in [3.8, 4) is 17.0 Å². The fraction of sp³-hybridized carbons (Fsp3) is 0.364. The van der Waals surface area contributed by atoms with Crippen LogP contribution in [-0.4, -0.2) is 106 Å². The summed E-state index contributed by atoms with van der Waals surface area (Å²) in [6, 6.07) is 8.14. The second-order valence-corrected chi connectivity index (χ2v) is 11.5. The second-order valence-electron chi connectivity index (χ2n) is 11.5. The number of aryl methyl sites for hydroxylation is 1. The van der Waals surface area contributed by atoms with Gasteiger partial charge in [-0.1, -0.05) is 0 Å². The number of amides is 2. The third-order valence-corrected chi connectivity index (χ3v) is 8.61. The number of hydrogen-bond acceptors (Lipinski definition) is 9. The van der Waals surface area contributed by atoms with Crippen LogP contribution in [0.2, 0.25) is 0 Å². The minimum atomic E-state index is -1.10. The molecule has 4 heterocycles. The summed E-state index contributed by atoms with van der Waals surface area (Å²) in [4.78, 5) is 42.5. The predicted molar refractivity (Wildman–Crippen MR) is 172 cm³/mol. The number of piperazine rings is 1. The number of rotatable bonds is 8. The van der Waals surface area contributed by atoms with E-state index >= 15 is 4.39 Å². The Balaban J connectivity index is 1.14. The predicted octanol–water partition coefficient (Wildman–Crippen LogP) is 3.06. The van der Waals surface area contributed by atoms with Crippen LogP contribution in [0.25, 0.3) is 16.9 Å². The van der Waals surface area contributed by atoms with E-state index in [0.717, 1.165) is 5.56 Å². The Morgan fingerprint density at radius 2 is 1.91 bits per heavy atom. The molecule has 2 aliphatic heterocycles. The lowest BCUT2D eigenvalue weighted by molar-refractivity contribution is -0.141. The highest BCUT2D eigenvalue weighted by atomic mass is 19.2. The molecule has 0 unspecified atom stereocenters. The van der Waals surface area contributed by atoms with E-state index in [1.807, 2.05) is 13.0 Å². The number of halogens is 2. The van der Waals surface area contributed by atoms with Gasteiger partial charge in [0.05, 0.1) is 23.9 Å². The Morgan fingerprint density at radius 1 is 1.13 bits per heavy atom. The van der Waals surface area contributed by atoms with Gasteiger partial charge in [-0.25, -0.2) is 14.4 Å². The molecule has 246 valence electrons. The highest BCUT2D eigenvalue weighted by Crippen LogP contribution is 2.32. The molecule has 0 bridgehead atoms. The molecule has 0 radical (unpaired) electrons. The number of imidazole rings is 1. The topological polar surface area (TPSA) is 137 Å². The molecule has 2 amide bonds. The lowest BCUT2D eigenvalue weighted by atomic mass is 9.93. The standard InChI is InChI=1S/C33H36F2N8O4/c1-20-17-21(3-4-22(20)32(45)41-12-14-42(15-13-41)33(46)24-7-8-37-19-26(24)44)40-30-31-39-18-25(43(31)11-9-38-30)23-5-6-27(29(35)28(23)34)47-16-10-36-2/h3-6,9-11,17-18,24,26,37,44H,7-8,12-16,19H2,1-2H3,(H,38,40)/t24-,26-/m1/s1. The van der Waals surface area contributed by atoms with Crippen molar-refractivity contribution in [1.29, 1.82) is 0 Å². The number of aliphatic hydroxyl groups excluding tert-OH is 1. The fourth-order valence-electron chi connectivity index (χ4n) is 6.03. The summed E-state index contributed by atoms with van der Waals surface area (Å²) in [6.45, 7) is 4.64. The normalized spacial score (nSPS) is 18.6. The van der Waals surface area contributed by atoms with Gasteiger partial charge in [0.1, 0.15) is 6.61 Å². The van der Waals surface area contributed by atoms with Crippen molar-refractivity contribution in [3.63, 3.8) is 0 Å². The molecule has 4 aromatic rings. The van der Waals surface area contributed by atoms with E-state index in [-0.39, 0.29) is 29.7 Å². The van der Waals surface area contributed by atoms with Gasteiger partial charge >= 0.3 is 0 Å². The third-order valence-electron chi connectivity index (χ3n) is 8.61. The monoisotopic (exact) mass is 646 g/mol. The van der Waals surface area contributed by atoms with Crippen LogP contribution in [-0.2, 0) is 4.79 Å². The van der Waals surface area contributed by atoms with Gasteiger partial charge in [-0.3, -0.25) is 19.0 Å². The van der Waals surface area contributed by atoms with Crippen LogP contribution in [0.15, 0.2) is 53.9 Å². The Hall–Kier alpha value is -4.95. The van der Waals surface area contributed by atoms with E-state index in [1.165, 1.54) is 30.7 Å². The van der Waals surface area contributed by atoms with Gasteiger partial charge < -0.3 is 30.3 Å². The number of carbonyl (C=O) groups is 2. The molecule has 2 aromatic carbocycles. The molecule has 0 spiro atoms. The minimum absolute atomic E-state index is 0.0106. The van der Waals surface area contributed by atoms with E-state index < -0.39 is 23.7 Å². The number of β-amino-alcohol motifs (C(OH)–C–C–N with tert-alkyl or cyclic N) is 1. The van der Waals surface area contributed by atoms with Gasteiger partial charge in [0.25, 0.3) is 5.91 Å². The van der Waals surface area contributed by atoms with Crippen LogP contribution in [0.4, 0.5) is 20.3 Å². The van der Waals surface area contributed by atoms with E-state index in [4.69, 9.17) is 4.74 Å². The molecule has 14 heteroatoms. The SMILES string of the molecule is CN=CCOc1ccc(-c2cnc3c(Nc4ccc(C(=O)N5CCN(C(=O)[C@@H]6CCNC[C@H]6O)CC5)c(C)c4)nccn23)c(F)c1F. The number of benzene rings is 2. The first kappa shape index (κ1) is 32.0. The van der Waals surface area contributed by atoms with E-state index in [2.05, 4.69) is 25.6 Å². The van der Waals surface area contributed by atoms with Crippen LogP contribution < -0.4 is 15.4 Å². The Kier molecular flexibility index (Phi) is 9.41. The molecule has 6 rings (SSSR count). The average molecular weight is 647 g/mol. The molecule has 2 aliphatic rings. The Bertz CT molecular complexity index is 1820. The van der Waals surface area contributed by atoms with Crippen molar-refractivity contribution in [3.05, 3.63) is 71.7 Å². The van der Waals surface area contributed by atoms with Gasteiger partial charge in [0.15, 0.2) is 23.0 Å². The molecule has 12 nitrogen and oxygen atoms in total. The number of carbonyl (C=O) groups excluding carboxylic acids is 2. The lowest BCUT2D eigenvalue weighted by Gasteiger charge is -2.38. The first-order valence-corrected chi connectivity index (χ1v) is 15.4. The van der Waals surface area contributed by atoms with Gasteiger partial charge in [0.2, 0.25) is 11.7 Å². The first-order valence-electron chi connectivity index (χ1n) is 15.4. The van der Waals surface area contributed by atoms with Crippen molar-refractivity contribution in [2.45, 2.75) is 19.4 Å². The maximum Gasteiger partial charge on any atom is 0.254 e. The summed E-state index contributed by atoms with van der Waals surface area (Å²) in [6.07, 6.45) is 5.93. The first-order chi connectivity index (χ1) is 22.8. The zero-order valence-electron chi connectivity index (χ0n) is 26.1. The molecule has 3 N–H and O–H groups in total. The largest absolute Gasteiger partial charge is 0.485 e. The highest BCUT2D eigenvalue weighted by Gasteiger charge is 2.34. The van der Waals surface area contributed by atoms with Crippen LogP contribution >= 0.6 is 0 Å². The molecule has 2 fully saturated rings. The number of fused-ring (bicyclic) bond motifs is 1. The average Bonchev–Trinajstić information content (AvgIpc) is 3.51. The summed E-state index contributed by atoms with van der Waals surface area (Å²) in [5.74, 6) is -2.57. The van der Waals surface area contributed by atoms with Gasteiger partial charge in [0, 0.05) is 75.2 Å². The highest BCUT2D eigenvalue weighted by molar-refractivity contribution is 5.96. The van der Waals surface area contributed by atoms with Crippen molar-refractivity contribution >= 4 is 35.2 Å². The summed E-state index contributed by atoms with van der Waals surface area (Å²) in [7, 11) is 1.56. The number of nitrogens with one attached hydrogen (secondary N) is 2. The number of anilines is 2. The minimum Gasteiger partial charge on any atom is -0.485 e. The smallest absolute Gasteiger partial charge is 0.254 e. The van der Waals surface area contributed by atoms with Crippen molar-refractivity contribution in [1.82, 2.24) is 29.5 Å². The number of nitrogens with zero attached hydrogens (tertiary/aromatic N) is 6. The van der Waals surface area contributed by atoms with Crippen LogP contribution in [0.3, 0.4) is 0 Å². The number of aromatic nitrogens is 3. The van der Waals surface area contributed by atoms with Crippen molar-refractivity contribution in [2.75, 3.05) is 58.2 Å². The fourth-order valence-corrected chi connectivity index (χ4v) is 6.03. The summed E-state index contributed by atoms with van der Waals surface area (Å²) in [5.41, 5.74) is 2.69. The van der Waals surface area contributed by atoms with Crippen LogP contribution in [0.1, 0.15) is 22.3 Å². The van der Waals surface area contributed by atoms with Crippen molar-refractivity contribution < 1.29 is 28.2 Å². The second kappa shape index (κ2) is 13.8. The molecule has 0 saturated carbocycles. The van der Waals surface area contributed by atoms with Crippen molar-refractivity contribution in [2.24, 2.45) is 10.9 Å². The molecule has 47 heavy (non-hydrogen) atoms. The molecule has 2 saturated heterocycles. The maximum atomic E-state index is 15.1. The summed E-state index contributed by atoms with van der Waals surface area (Å²) >= 11 is 0. The van der Waals surface area contributed by atoms with E-state index in [1.54, 1.807) is 39.6 Å². The third kappa shape index (κ3) is 6.51. The van der Waals surface area contributed by atoms with E-state index in [9.17, 15) is 19.1 Å². The Morgan fingerprint density at radius 3 is 2.66 bits per heavy atom. The van der Waals surface area contributed by atoms with Gasteiger partial charge in [-0.2, -0.15) is 4.39 Å². The lowest BCUT2D eigenvalue weighted by Crippen LogP contribution is -2.55.